The molecule has 6 nitrogen and oxygen atoms in total. The molecule has 0 fully saturated rings. The standard InChI is InChI=1S/C20H14O6S2/c1-12(10-17-19(21)13-6-2-4-8-15(13)27(17,23)24)11-18-20(22)14-7-3-5-9-16(14)28(18,25)26/h2-11,21H,1H3/p-1. The van der Waals surface area contributed by atoms with Crippen LogP contribution in [0.1, 0.15) is 22.8 Å². The second-order valence-corrected chi connectivity index (χ2v) is 10.2. The van der Waals surface area contributed by atoms with E-state index in [2.05, 4.69) is 0 Å². The van der Waals surface area contributed by atoms with Crippen LogP contribution in [0.2, 0.25) is 0 Å². The molecule has 0 aromatic heterocycles. The Bertz CT molecular complexity index is 1360. The quantitative estimate of drug-likeness (QED) is 0.697. The highest BCUT2D eigenvalue weighted by Crippen LogP contribution is 2.38. The van der Waals surface area contributed by atoms with Gasteiger partial charge in [0.15, 0.2) is 0 Å². The van der Waals surface area contributed by atoms with Gasteiger partial charge in [0.1, 0.15) is 4.91 Å². The number of hydrogen-bond acceptors (Lipinski definition) is 6. The topological polar surface area (TPSA) is 108 Å². The number of benzene rings is 2. The first-order valence-corrected chi connectivity index (χ1v) is 11.2. The van der Waals surface area contributed by atoms with Crippen LogP contribution in [0.3, 0.4) is 0 Å². The molecule has 8 heteroatoms. The Balaban J connectivity index is 1.83. The summed E-state index contributed by atoms with van der Waals surface area (Å²) in [4.78, 5) is 11.4. The van der Waals surface area contributed by atoms with Crippen LogP contribution < -0.4 is 5.11 Å². The SMILES string of the molecule is CC(=CC1=C([O-])c2ccccc2S1(=O)=O)C=C1C(=O)c2ccccc2S1(=O)=O. The number of sulfone groups is 2. The van der Waals surface area contributed by atoms with Crippen LogP contribution in [-0.2, 0) is 19.7 Å². The molecule has 0 atom stereocenters. The van der Waals surface area contributed by atoms with Gasteiger partial charge >= 0.3 is 0 Å². The smallest absolute Gasteiger partial charge is 0.211 e. The number of allylic oxidation sites excluding steroid dienone is 4. The average Bonchev–Trinajstić information content (AvgIpc) is 2.98. The van der Waals surface area contributed by atoms with Gasteiger partial charge in [-0.3, -0.25) is 4.79 Å². The molecule has 2 aromatic rings. The van der Waals surface area contributed by atoms with E-state index in [0.29, 0.717) is 0 Å². The number of ketones is 1. The van der Waals surface area contributed by atoms with E-state index in [1.165, 1.54) is 43.3 Å². The minimum Gasteiger partial charge on any atom is -0.871 e. The van der Waals surface area contributed by atoms with Crippen molar-refractivity contribution in [1.29, 1.82) is 0 Å². The Morgan fingerprint density at radius 2 is 1.39 bits per heavy atom. The van der Waals surface area contributed by atoms with Gasteiger partial charge in [0.05, 0.1) is 14.7 Å². The molecule has 4 rings (SSSR count). The van der Waals surface area contributed by atoms with Gasteiger partial charge in [-0.2, -0.15) is 0 Å². The molecule has 0 aliphatic carbocycles. The lowest BCUT2D eigenvalue weighted by Gasteiger charge is -2.08. The van der Waals surface area contributed by atoms with Crippen LogP contribution in [0, 0.1) is 0 Å². The minimum absolute atomic E-state index is 0.0752. The largest absolute Gasteiger partial charge is 0.871 e. The van der Waals surface area contributed by atoms with Crippen LogP contribution in [0.15, 0.2) is 85.9 Å². The maximum absolute atomic E-state index is 12.6. The summed E-state index contributed by atoms with van der Waals surface area (Å²) < 4.78 is 50.5. The van der Waals surface area contributed by atoms with Crippen LogP contribution in [-0.4, -0.2) is 22.6 Å². The highest BCUT2D eigenvalue weighted by atomic mass is 32.2. The van der Waals surface area contributed by atoms with Gasteiger partial charge in [-0.05, 0) is 48.4 Å². The minimum atomic E-state index is -3.99. The summed E-state index contributed by atoms with van der Waals surface area (Å²) >= 11 is 0. The summed E-state index contributed by atoms with van der Waals surface area (Å²) in [6, 6.07) is 11.7. The van der Waals surface area contributed by atoms with Crippen LogP contribution in [0.4, 0.5) is 0 Å². The van der Waals surface area contributed by atoms with Gasteiger partial charge in [0.25, 0.3) is 0 Å². The summed E-state index contributed by atoms with van der Waals surface area (Å²) in [7, 11) is -7.99. The maximum atomic E-state index is 12.6. The lowest BCUT2D eigenvalue weighted by molar-refractivity contribution is -0.244. The summed E-state index contributed by atoms with van der Waals surface area (Å²) in [6.07, 6.45) is 2.22. The second-order valence-electron chi connectivity index (χ2n) is 6.42. The average molecular weight is 413 g/mol. The van der Waals surface area contributed by atoms with Gasteiger partial charge in [-0.25, -0.2) is 16.8 Å². The van der Waals surface area contributed by atoms with Crippen molar-refractivity contribution < 1.29 is 26.7 Å². The maximum Gasteiger partial charge on any atom is 0.211 e. The van der Waals surface area contributed by atoms with Crippen LogP contribution in [0.5, 0.6) is 0 Å². The van der Waals surface area contributed by atoms with Crippen molar-refractivity contribution >= 4 is 31.2 Å². The van der Waals surface area contributed by atoms with Crippen molar-refractivity contribution in [2.24, 2.45) is 0 Å². The lowest BCUT2D eigenvalue weighted by Crippen LogP contribution is -2.05. The van der Waals surface area contributed by atoms with Crippen LogP contribution >= 0.6 is 0 Å². The molecule has 142 valence electrons. The third-order valence-corrected chi connectivity index (χ3v) is 8.22. The van der Waals surface area contributed by atoms with Crippen LogP contribution in [0.25, 0.3) is 5.76 Å². The van der Waals surface area contributed by atoms with Crippen molar-refractivity contribution in [3.05, 3.63) is 87.2 Å². The zero-order chi connectivity index (χ0) is 20.3. The molecule has 28 heavy (non-hydrogen) atoms. The first-order chi connectivity index (χ1) is 13.2. The third-order valence-electron chi connectivity index (χ3n) is 4.59. The highest BCUT2D eigenvalue weighted by molar-refractivity contribution is 7.97. The van der Waals surface area contributed by atoms with Gasteiger partial charge in [-0.15, -0.1) is 0 Å². The molecule has 0 radical (unpaired) electrons. The number of fused-ring (bicyclic) bond motifs is 2. The third kappa shape index (κ3) is 2.49. The van der Waals surface area contributed by atoms with Crippen molar-refractivity contribution in [3.8, 4) is 0 Å². The molecule has 0 N–H and O–H groups in total. The van der Waals surface area contributed by atoms with E-state index < -0.39 is 41.0 Å². The Hall–Kier alpha value is -2.97. The van der Waals surface area contributed by atoms with E-state index in [1.54, 1.807) is 12.1 Å². The lowest BCUT2D eigenvalue weighted by atomic mass is 10.1. The van der Waals surface area contributed by atoms with E-state index >= 15 is 0 Å². The molecule has 0 spiro atoms. The van der Waals surface area contributed by atoms with Gasteiger partial charge in [0.2, 0.25) is 25.5 Å². The zero-order valence-electron chi connectivity index (χ0n) is 14.5. The summed E-state index contributed by atoms with van der Waals surface area (Å²) in [5, 5.41) is 12.5. The molecule has 2 aromatic carbocycles. The molecular weight excluding hydrogens is 400 g/mol. The van der Waals surface area contributed by atoms with E-state index in [1.807, 2.05) is 0 Å². The number of carbonyl (C=O) groups is 1. The predicted molar refractivity (Wildman–Crippen MR) is 100 cm³/mol. The summed E-state index contributed by atoms with van der Waals surface area (Å²) in [5.74, 6) is -1.31. The summed E-state index contributed by atoms with van der Waals surface area (Å²) in [5.41, 5.74) is 0.316. The van der Waals surface area contributed by atoms with Crippen molar-refractivity contribution in [3.63, 3.8) is 0 Å². The second kappa shape index (κ2) is 6.02. The Labute approximate surface area is 162 Å². The zero-order valence-corrected chi connectivity index (χ0v) is 16.2. The fraction of sp³-hybridized carbons (Fsp3) is 0.0500. The number of carbonyl (C=O) groups excluding carboxylic acids is 1. The summed E-state index contributed by atoms with van der Waals surface area (Å²) in [6.45, 7) is 1.44. The fourth-order valence-corrected chi connectivity index (χ4v) is 6.54. The van der Waals surface area contributed by atoms with Crippen molar-refractivity contribution in [2.75, 3.05) is 0 Å². The molecule has 2 aliphatic rings. The molecular formula is C20H13O6S2-. The molecule has 0 saturated carbocycles. The van der Waals surface area contributed by atoms with Crippen molar-refractivity contribution in [2.45, 2.75) is 16.7 Å². The monoisotopic (exact) mass is 413 g/mol. The molecule has 0 bridgehead atoms. The Morgan fingerprint density at radius 3 is 1.96 bits per heavy atom. The Kier molecular flexibility index (Phi) is 3.95. The number of Topliss-reactive ketones (excluding diaryl/α,β-unsaturated/α-hetero) is 1. The van der Waals surface area contributed by atoms with E-state index in [9.17, 15) is 26.7 Å². The number of hydrogen-bond donors (Lipinski definition) is 0. The van der Waals surface area contributed by atoms with Gasteiger partial charge < -0.3 is 5.11 Å². The van der Waals surface area contributed by atoms with Gasteiger partial charge in [0, 0.05) is 5.56 Å². The highest BCUT2D eigenvalue weighted by Gasteiger charge is 2.38. The van der Waals surface area contributed by atoms with E-state index in [4.69, 9.17) is 0 Å². The fourth-order valence-electron chi connectivity index (χ4n) is 3.27. The molecule has 2 aliphatic heterocycles. The first kappa shape index (κ1) is 18.4. The number of rotatable bonds is 2. The van der Waals surface area contributed by atoms with E-state index in [-0.39, 0.29) is 26.5 Å². The first-order valence-electron chi connectivity index (χ1n) is 8.20. The van der Waals surface area contributed by atoms with Crippen molar-refractivity contribution in [1.82, 2.24) is 0 Å². The Morgan fingerprint density at radius 1 is 0.857 bits per heavy atom. The molecule has 0 amide bonds. The predicted octanol–water partition coefficient (Wildman–Crippen LogP) is 2.00. The van der Waals surface area contributed by atoms with Gasteiger partial charge in [-0.1, -0.05) is 36.1 Å². The molecule has 0 unspecified atom stereocenters. The normalized spacial score (nSPS) is 21.1. The molecule has 2 heterocycles. The van der Waals surface area contributed by atoms with E-state index in [0.717, 1.165) is 12.2 Å². The molecule has 0 saturated heterocycles.